The van der Waals surface area contributed by atoms with Gasteiger partial charge in [0.2, 0.25) is 0 Å². The zero-order chi connectivity index (χ0) is 13.8. The minimum absolute atomic E-state index is 0.796. The van der Waals surface area contributed by atoms with E-state index < -0.39 is 0 Å². The monoisotopic (exact) mass is 269 g/mol. The van der Waals surface area contributed by atoms with E-state index in [1.54, 1.807) is 0 Å². The highest BCUT2D eigenvalue weighted by atomic mass is 15.1. The second kappa shape index (κ2) is 6.23. The number of pyridine rings is 1. The van der Waals surface area contributed by atoms with Gasteiger partial charge in [0.05, 0.1) is 5.52 Å². The van der Waals surface area contributed by atoms with E-state index >= 15 is 0 Å². The van der Waals surface area contributed by atoms with E-state index in [2.05, 4.69) is 46.4 Å². The Labute approximate surface area is 121 Å². The van der Waals surface area contributed by atoms with Crippen molar-refractivity contribution >= 4 is 16.6 Å². The summed E-state index contributed by atoms with van der Waals surface area (Å²) in [5.41, 5.74) is 2.28. The van der Waals surface area contributed by atoms with Gasteiger partial charge in [-0.25, -0.2) is 0 Å². The van der Waals surface area contributed by atoms with Crippen LogP contribution in [0.15, 0.2) is 36.5 Å². The Morgan fingerprint density at radius 3 is 2.80 bits per heavy atom. The maximum absolute atomic E-state index is 4.41. The third kappa shape index (κ3) is 2.93. The maximum atomic E-state index is 4.41. The van der Waals surface area contributed by atoms with Crippen LogP contribution >= 0.6 is 0 Å². The number of fused-ring (bicyclic) bond motifs is 1. The van der Waals surface area contributed by atoms with Crippen LogP contribution in [0.1, 0.15) is 19.8 Å². The lowest BCUT2D eigenvalue weighted by Gasteiger charge is -2.31. The summed E-state index contributed by atoms with van der Waals surface area (Å²) >= 11 is 0. The molecule has 0 spiro atoms. The van der Waals surface area contributed by atoms with Gasteiger partial charge in [-0.1, -0.05) is 25.1 Å². The van der Waals surface area contributed by atoms with Crippen LogP contribution in [0.4, 0.5) is 5.69 Å². The van der Waals surface area contributed by atoms with Crippen molar-refractivity contribution in [3.8, 4) is 0 Å². The molecule has 2 aromatic rings. The molecular weight excluding hydrogens is 246 g/mol. The van der Waals surface area contributed by atoms with Gasteiger partial charge in [0.25, 0.3) is 0 Å². The van der Waals surface area contributed by atoms with E-state index in [0.717, 1.165) is 18.0 Å². The van der Waals surface area contributed by atoms with Crippen LogP contribution in [0.2, 0.25) is 0 Å². The molecule has 2 heterocycles. The Bertz CT molecular complexity index is 554. The molecule has 1 aromatic heterocycles. The number of rotatable bonds is 4. The van der Waals surface area contributed by atoms with Gasteiger partial charge in [0, 0.05) is 23.8 Å². The van der Waals surface area contributed by atoms with Crippen LogP contribution in [0.5, 0.6) is 0 Å². The molecule has 3 rings (SSSR count). The molecule has 0 atom stereocenters. The lowest BCUT2D eigenvalue weighted by molar-refractivity contribution is 0.198. The highest BCUT2D eigenvalue weighted by molar-refractivity contribution is 5.90. The molecule has 0 aliphatic carbocycles. The summed E-state index contributed by atoms with van der Waals surface area (Å²) in [6.45, 7) is 7.02. The maximum Gasteiger partial charge on any atom is 0.0722 e. The van der Waals surface area contributed by atoms with Gasteiger partial charge in [0.1, 0.15) is 0 Å². The van der Waals surface area contributed by atoms with Crippen LogP contribution in [0, 0.1) is 5.92 Å². The van der Waals surface area contributed by atoms with Gasteiger partial charge in [-0.3, -0.25) is 4.98 Å². The molecule has 1 N–H and O–H groups in total. The smallest absolute Gasteiger partial charge is 0.0722 e. The van der Waals surface area contributed by atoms with Crippen molar-refractivity contribution < 1.29 is 0 Å². The molecule has 3 nitrogen and oxygen atoms in total. The molecule has 106 valence electrons. The van der Waals surface area contributed by atoms with Crippen LogP contribution < -0.4 is 5.32 Å². The quantitative estimate of drug-likeness (QED) is 0.922. The summed E-state index contributed by atoms with van der Waals surface area (Å²) in [6, 6.07) is 10.4. The van der Waals surface area contributed by atoms with Crippen LogP contribution in [-0.4, -0.2) is 36.1 Å². The highest BCUT2D eigenvalue weighted by Crippen LogP contribution is 2.23. The molecule has 0 radical (unpaired) electrons. The molecule has 0 amide bonds. The molecule has 1 aliphatic rings. The van der Waals surface area contributed by atoms with E-state index in [4.69, 9.17) is 0 Å². The summed E-state index contributed by atoms with van der Waals surface area (Å²) < 4.78 is 0. The summed E-state index contributed by atoms with van der Waals surface area (Å²) in [7, 11) is 0. The number of piperidine rings is 1. The van der Waals surface area contributed by atoms with E-state index in [0.29, 0.717) is 0 Å². The number of para-hydroxylation sites is 1. The van der Waals surface area contributed by atoms with Crippen molar-refractivity contribution in [3.05, 3.63) is 36.5 Å². The first-order valence-corrected chi connectivity index (χ1v) is 7.67. The Balaban J connectivity index is 1.63. The molecule has 20 heavy (non-hydrogen) atoms. The number of nitrogens with zero attached hydrogens (tertiary/aromatic N) is 2. The van der Waals surface area contributed by atoms with Crippen molar-refractivity contribution in [2.24, 2.45) is 5.92 Å². The summed E-state index contributed by atoms with van der Waals surface area (Å²) in [5.74, 6) is 0.796. The molecule has 1 saturated heterocycles. The normalized spacial score (nSPS) is 17.4. The Hall–Kier alpha value is -1.61. The number of hydrogen-bond donors (Lipinski definition) is 1. The Morgan fingerprint density at radius 2 is 2.00 bits per heavy atom. The van der Waals surface area contributed by atoms with Crippen molar-refractivity contribution in [2.45, 2.75) is 19.8 Å². The van der Waals surface area contributed by atoms with Crippen molar-refractivity contribution in [3.63, 3.8) is 0 Å². The van der Waals surface area contributed by atoms with E-state index in [9.17, 15) is 0 Å². The average Bonchev–Trinajstić information content (AvgIpc) is 2.53. The second-order valence-electron chi connectivity index (χ2n) is 5.63. The fourth-order valence-corrected chi connectivity index (χ4v) is 3.01. The molecule has 0 unspecified atom stereocenters. The van der Waals surface area contributed by atoms with Gasteiger partial charge < -0.3 is 10.2 Å². The van der Waals surface area contributed by atoms with Crippen molar-refractivity contribution in [2.75, 3.05) is 31.5 Å². The van der Waals surface area contributed by atoms with Crippen molar-refractivity contribution in [1.82, 2.24) is 9.88 Å². The lowest BCUT2D eigenvalue weighted by Crippen LogP contribution is -2.35. The standard InChI is InChI=1S/C17H23N3/c1-2-20-11-8-14(9-12-20)13-19-17-7-10-18-16-6-4-3-5-15(16)17/h3-7,10,14H,2,8-9,11-13H2,1H3,(H,18,19). The molecule has 3 heteroatoms. The number of hydrogen-bond acceptors (Lipinski definition) is 3. The topological polar surface area (TPSA) is 28.2 Å². The zero-order valence-electron chi connectivity index (χ0n) is 12.2. The molecule has 0 saturated carbocycles. The van der Waals surface area contributed by atoms with E-state index in [1.807, 2.05) is 12.3 Å². The summed E-state index contributed by atoms with van der Waals surface area (Å²) in [6.07, 6.45) is 4.51. The zero-order valence-corrected chi connectivity index (χ0v) is 12.2. The fourth-order valence-electron chi connectivity index (χ4n) is 3.01. The molecular formula is C17H23N3. The Kier molecular flexibility index (Phi) is 4.16. The molecule has 0 bridgehead atoms. The minimum atomic E-state index is 0.796. The largest absolute Gasteiger partial charge is 0.384 e. The number of likely N-dealkylation sites (tertiary alicyclic amines) is 1. The van der Waals surface area contributed by atoms with Crippen LogP contribution in [0.25, 0.3) is 10.9 Å². The van der Waals surface area contributed by atoms with Gasteiger partial charge in [0.15, 0.2) is 0 Å². The van der Waals surface area contributed by atoms with Crippen molar-refractivity contribution in [1.29, 1.82) is 0 Å². The SMILES string of the molecule is CCN1CCC(CNc2ccnc3ccccc23)CC1. The predicted molar refractivity (Wildman–Crippen MR) is 85.1 cm³/mol. The Morgan fingerprint density at radius 1 is 1.20 bits per heavy atom. The second-order valence-corrected chi connectivity index (χ2v) is 5.63. The van der Waals surface area contributed by atoms with Crippen LogP contribution in [-0.2, 0) is 0 Å². The molecule has 1 fully saturated rings. The third-order valence-corrected chi connectivity index (χ3v) is 4.38. The predicted octanol–water partition coefficient (Wildman–Crippen LogP) is 3.38. The number of nitrogens with one attached hydrogen (secondary N) is 1. The third-order valence-electron chi connectivity index (χ3n) is 4.38. The number of aromatic nitrogens is 1. The first kappa shape index (κ1) is 13.4. The van der Waals surface area contributed by atoms with Gasteiger partial charge in [-0.05, 0) is 50.5 Å². The fraction of sp³-hybridized carbons (Fsp3) is 0.471. The first-order valence-electron chi connectivity index (χ1n) is 7.67. The average molecular weight is 269 g/mol. The lowest BCUT2D eigenvalue weighted by atomic mass is 9.96. The summed E-state index contributed by atoms with van der Waals surface area (Å²) in [5, 5.41) is 4.85. The minimum Gasteiger partial charge on any atom is -0.384 e. The molecule has 1 aliphatic heterocycles. The van der Waals surface area contributed by atoms with E-state index in [1.165, 1.54) is 43.5 Å². The van der Waals surface area contributed by atoms with Gasteiger partial charge in [-0.15, -0.1) is 0 Å². The van der Waals surface area contributed by atoms with Gasteiger partial charge >= 0.3 is 0 Å². The number of benzene rings is 1. The van der Waals surface area contributed by atoms with E-state index in [-0.39, 0.29) is 0 Å². The summed E-state index contributed by atoms with van der Waals surface area (Å²) in [4.78, 5) is 6.95. The van der Waals surface area contributed by atoms with Crippen LogP contribution in [0.3, 0.4) is 0 Å². The van der Waals surface area contributed by atoms with Gasteiger partial charge in [-0.2, -0.15) is 0 Å². The molecule has 1 aromatic carbocycles. The number of anilines is 1. The first-order chi connectivity index (χ1) is 9.86. The highest BCUT2D eigenvalue weighted by Gasteiger charge is 2.17.